The Bertz CT molecular complexity index is 758. The summed E-state index contributed by atoms with van der Waals surface area (Å²) in [7, 11) is 0. The van der Waals surface area contributed by atoms with E-state index in [-0.39, 0.29) is 17.7 Å². The van der Waals surface area contributed by atoms with Crippen molar-refractivity contribution < 1.29 is 11.0 Å². The van der Waals surface area contributed by atoms with Gasteiger partial charge in [0.15, 0.2) is 5.01 Å². The molecular weight excluding hydrogens is 286 g/mol. The summed E-state index contributed by atoms with van der Waals surface area (Å²) in [6.07, 6.45) is 2.00. The van der Waals surface area contributed by atoms with E-state index in [0.29, 0.717) is 36.1 Å². The van der Waals surface area contributed by atoms with Crippen LogP contribution in [0.5, 0.6) is 0 Å². The lowest BCUT2D eigenvalue weighted by atomic mass is 10.1. The van der Waals surface area contributed by atoms with Gasteiger partial charge in [-0.3, -0.25) is 9.59 Å². The van der Waals surface area contributed by atoms with Gasteiger partial charge in [0.05, 0.1) is 17.5 Å². The number of nitrogens with one attached hydrogen (secondary N) is 1. The van der Waals surface area contributed by atoms with Crippen LogP contribution in [0.25, 0.3) is 10.2 Å². The Kier molecular flexibility index (Phi) is 3.37. The molecule has 0 bridgehead atoms. The van der Waals surface area contributed by atoms with Gasteiger partial charge in [0.2, 0.25) is 5.91 Å². The Morgan fingerprint density at radius 3 is 3.19 bits per heavy atom. The maximum atomic E-state index is 12.5. The molecule has 1 aliphatic heterocycles. The second kappa shape index (κ2) is 5.65. The Balaban J connectivity index is 1.77. The molecule has 0 spiro atoms. The third-order valence-corrected chi connectivity index (χ3v) is 4.50. The van der Waals surface area contributed by atoms with Gasteiger partial charge in [0, 0.05) is 13.1 Å². The largest absolute Gasteiger partial charge is 0.336 e. The van der Waals surface area contributed by atoms with E-state index < -0.39 is 0 Å². The summed E-state index contributed by atoms with van der Waals surface area (Å²) in [5, 5.41) is 2.94. The van der Waals surface area contributed by atoms with Crippen molar-refractivity contribution in [1.82, 2.24) is 15.2 Å². The van der Waals surface area contributed by atoms with Gasteiger partial charge in [0.1, 0.15) is 0 Å². The van der Waals surface area contributed by atoms with Crippen LogP contribution in [0.4, 0.5) is 0 Å². The zero-order chi connectivity index (χ0) is 15.7. The minimum Gasteiger partial charge on any atom is -0.336 e. The Labute approximate surface area is 127 Å². The molecule has 1 N–H and O–H groups in total. The van der Waals surface area contributed by atoms with Crippen molar-refractivity contribution >= 4 is 33.4 Å². The normalized spacial score (nSPS) is 18.6. The van der Waals surface area contributed by atoms with Gasteiger partial charge in [-0.2, -0.15) is 0 Å². The number of carbonyl (C=O) groups is 2. The van der Waals surface area contributed by atoms with Crippen LogP contribution in [-0.4, -0.2) is 34.8 Å². The van der Waals surface area contributed by atoms with E-state index in [2.05, 4.69) is 16.9 Å². The second-order valence-electron chi connectivity index (χ2n) is 4.85. The van der Waals surface area contributed by atoms with Crippen molar-refractivity contribution in [2.75, 3.05) is 13.1 Å². The number of nitrogens with zero attached hydrogens (tertiary/aromatic N) is 2. The fourth-order valence-electron chi connectivity index (χ4n) is 2.41. The maximum Gasteiger partial charge on any atom is 0.282 e. The quantitative estimate of drug-likeness (QED) is 0.943. The van der Waals surface area contributed by atoms with Crippen LogP contribution < -0.4 is 5.32 Å². The van der Waals surface area contributed by atoms with E-state index in [1.54, 1.807) is 17.0 Å². The Morgan fingerprint density at radius 2 is 2.43 bits per heavy atom. The molecule has 0 radical (unpaired) electrons. The lowest BCUT2D eigenvalue weighted by molar-refractivity contribution is -0.123. The summed E-state index contributed by atoms with van der Waals surface area (Å²) in [6, 6.07) is 5.61. The van der Waals surface area contributed by atoms with E-state index in [1.165, 1.54) is 17.5 Å². The number of fused-ring (bicyclic) bond motifs is 1. The molecule has 1 aliphatic rings. The number of hydrogen-bond acceptors (Lipinski definition) is 4. The molecule has 1 fully saturated rings. The smallest absolute Gasteiger partial charge is 0.282 e. The molecule has 1 saturated heterocycles. The van der Waals surface area contributed by atoms with Crippen molar-refractivity contribution in [2.45, 2.75) is 6.42 Å². The first-order valence-corrected chi connectivity index (χ1v) is 7.48. The van der Waals surface area contributed by atoms with Crippen LogP contribution in [0, 0.1) is 5.92 Å². The molecule has 5 nitrogen and oxygen atoms in total. The number of amides is 2. The molecule has 2 amide bonds. The number of benzene rings is 1. The van der Waals surface area contributed by atoms with E-state index in [0.717, 1.165) is 4.70 Å². The van der Waals surface area contributed by atoms with Gasteiger partial charge >= 0.3 is 0 Å². The lowest BCUT2D eigenvalue weighted by Crippen LogP contribution is -2.32. The topological polar surface area (TPSA) is 62.3 Å². The zero-order valence-corrected chi connectivity index (χ0v) is 12.2. The Morgan fingerprint density at radius 1 is 1.57 bits per heavy atom. The standard InChI is InChI=1S/C15H15N3O2S/c1-2-16-13(19)10-7-8-18(9-10)15(20)14-17-11-5-3-4-6-12(11)21-14/h2-6,10H,1,7-9H2,(H,16,19)/i5T. The fraction of sp³-hybridized carbons (Fsp3) is 0.267. The van der Waals surface area contributed by atoms with Gasteiger partial charge < -0.3 is 10.2 Å². The molecule has 1 unspecified atom stereocenters. The van der Waals surface area contributed by atoms with Gasteiger partial charge in [-0.05, 0) is 24.7 Å². The molecule has 0 saturated carbocycles. The van der Waals surface area contributed by atoms with Crippen LogP contribution in [0.1, 0.15) is 17.6 Å². The average Bonchev–Trinajstić information content (AvgIpc) is 3.14. The molecular formula is C15H15N3O2S. The van der Waals surface area contributed by atoms with Crippen LogP contribution in [0.2, 0.25) is 0 Å². The number of carbonyl (C=O) groups excluding carboxylic acids is 2. The zero-order valence-electron chi connectivity index (χ0n) is 12.3. The summed E-state index contributed by atoms with van der Waals surface area (Å²) < 4.78 is 8.65. The van der Waals surface area contributed by atoms with E-state index in [9.17, 15) is 9.59 Å². The number of thiazole rings is 1. The molecule has 21 heavy (non-hydrogen) atoms. The van der Waals surface area contributed by atoms with Crippen molar-refractivity contribution in [1.29, 1.82) is 0 Å². The van der Waals surface area contributed by atoms with Crippen molar-refractivity contribution in [3.8, 4) is 0 Å². The van der Waals surface area contributed by atoms with Crippen LogP contribution >= 0.6 is 11.3 Å². The van der Waals surface area contributed by atoms with Crippen LogP contribution in [0.3, 0.4) is 0 Å². The second-order valence-corrected chi connectivity index (χ2v) is 5.88. The minimum absolute atomic E-state index is 0.108. The maximum absolute atomic E-state index is 12.5. The highest BCUT2D eigenvalue weighted by Crippen LogP contribution is 2.25. The molecule has 2 heterocycles. The Hall–Kier alpha value is -2.21. The van der Waals surface area contributed by atoms with Gasteiger partial charge in [-0.1, -0.05) is 18.7 Å². The molecule has 1 atom stereocenters. The molecule has 3 rings (SSSR count). The SMILES string of the molecule is [3H]c1cccc2sc(C(=O)N3CCC(C(=O)NC=C)C3)nc12. The van der Waals surface area contributed by atoms with Gasteiger partial charge in [-0.15, -0.1) is 11.3 Å². The third-order valence-electron chi connectivity index (χ3n) is 3.49. The predicted octanol–water partition coefficient (Wildman–Crippen LogP) is 2.02. The summed E-state index contributed by atoms with van der Waals surface area (Å²) in [5.74, 6) is -0.486. The first-order valence-electron chi connectivity index (χ1n) is 7.17. The fourth-order valence-corrected chi connectivity index (χ4v) is 3.32. The number of rotatable bonds is 3. The summed E-state index contributed by atoms with van der Waals surface area (Å²) in [6.45, 7) is 4.40. The van der Waals surface area contributed by atoms with E-state index in [4.69, 9.17) is 1.37 Å². The molecule has 6 heteroatoms. The first-order chi connectivity index (χ1) is 10.6. The lowest BCUT2D eigenvalue weighted by Gasteiger charge is -2.14. The van der Waals surface area contributed by atoms with E-state index in [1.807, 2.05) is 6.07 Å². The predicted molar refractivity (Wildman–Crippen MR) is 82.0 cm³/mol. The highest BCUT2D eigenvalue weighted by molar-refractivity contribution is 7.20. The average molecular weight is 303 g/mol. The molecule has 108 valence electrons. The van der Waals surface area contributed by atoms with Crippen molar-refractivity contribution in [3.63, 3.8) is 0 Å². The van der Waals surface area contributed by atoms with Gasteiger partial charge in [0.25, 0.3) is 5.91 Å². The molecule has 1 aromatic heterocycles. The highest BCUT2D eigenvalue weighted by Gasteiger charge is 2.32. The monoisotopic (exact) mass is 303 g/mol. The number of likely N-dealkylation sites (tertiary alicyclic amines) is 1. The number of aromatic nitrogens is 1. The van der Waals surface area contributed by atoms with E-state index >= 15 is 0 Å². The van der Waals surface area contributed by atoms with Gasteiger partial charge in [-0.25, -0.2) is 4.98 Å². The van der Waals surface area contributed by atoms with Crippen LogP contribution in [0.15, 0.2) is 37.0 Å². The summed E-state index contributed by atoms with van der Waals surface area (Å²) in [4.78, 5) is 30.2. The van der Waals surface area contributed by atoms with Crippen molar-refractivity contribution in [2.24, 2.45) is 5.92 Å². The number of para-hydroxylation sites is 1. The highest BCUT2D eigenvalue weighted by atomic mass is 32.1. The summed E-state index contributed by atoms with van der Waals surface area (Å²) in [5.41, 5.74) is 0.552. The molecule has 2 aromatic rings. The van der Waals surface area contributed by atoms with Crippen molar-refractivity contribution in [3.05, 3.63) is 42.0 Å². The minimum atomic E-state index is -0.205. The molecule has 1 aromatic carbocycles. The number of hydrogen-bond donors (Lipinski definition) is 1. The summed E-state index contributed by atoms with van der Waals surface area (Å²) >= 11 is 1.29. The molecule has 0 aliphatic carbocycles. The third kappa shape index (κ3) is 2.67. The van der Waals surface area contributed by atoms with Crippen LogP contribution in [-0.2, 0) is 4.79 Å². The first kappa shape index (κ1) is 12.5.